The van der Waals surface area contributed by atoms with Crippen LogP contribution in [0.5, 0.6) is 0 Å². The Morgan fingerprint density at radius 2 is 1.95 bits per heavy atom. The van der Waals surface area contributed by atoms with Crippen LogP contribution in [0.3, 0.4) is 0 Å². The highest BCUT2D eigenvalue weighted by Gasteiger charge is 2.25. The summed E-state index contributed by atoms with van der Waals surface area (Å²) < 4.78 is 2.06. The quantitative estimate of drug-likeness (QED) is 0.857. The molecule has 0 bridgehead atoms. The Labute approximate surface area is 127 Å². The summed E-state index contributed by atoms with van der Waals surface area (Å²) in [6.45, 7) is 15.2. The number of imidazole rings is 1. The summed E-state index contributed by atoms with van der Waals surface area (Å²) in [5.74, 6) is 1.71. The van der Waals surface area contributed by atoms with Gasteiger partial charge < -0.3 is 10.3 Å². The summed E-state index contributed by atoms with van der Waals surface area (Å²) in [5.41, 5.74) is 10.7. The number of rotatable bonds is 3. The van der Waals surface area contributed by atoms with Crippen molar-refractivity contribution >= 4 is 5.82 Å². The van der Waals surface area contributed by atoms with E-state index in [4.69, 9.17) is 10.7 Å². The Morgan fingerprint density at radius 3 is 2.52 bits per heavy atom. The van der Waals surface area contributed by atoms with Gasteiger partial charge in [0.05, 0.1) is 0 Å². The number of nitrogens with two attached hydrogens (primary N) is 1. The first-order valence-corrected chi connectivity index (χ1v) is 7.30. The minimum atomic E-state index is -0.0624. The van der Waals surface area contributed by atoms with Crippen LogP contribution in [0.25, 0.3) is 11.3 Å². The molecule has 0 atom stereocenters. The van der Waals surface area contributed by atoms with Crippen molar-refractivity contribution in [3.05, 3.63) is 47.8 Å². The van der Waals surface area contributed by atoms with E-state index in [-0.39, 0.29) is 5.41 Å². The van der Waals surface area contributed by atoms with E-state index in [0.717, 1.165) is 17.1 Å². The maximum Gasteiger partial charge on any atom is 0.132 e. The highest BCUT2D eigenvalue weighted by Crippen LogP contribution is 2.33. The fourth-order valence-electron chi connectivity index (χ4n) is 2.54. The number of aryl methyl sites for hydroxylation is 2. The topological polar surface area (TPSA) is 43.8 Å². The van der Waals surface area contributed by atoms with Crippen molar-refractivity contribution in [1.82, 2.24) is 9.55 Å². The van der Waals surface area contributed by atoms with E-state index in [9.17, 15) is 0 Å². The average Bonchev–Trinajstić information content (AvgIpc) is 2.71. The second kappa shape index (κ2) is 5.40. The zero-order chi connectivity index (χ0) is 15.8. The average molecular weight is 283 g/mol. The molecule has 1 aromatic carbocycles. The maximum atomic E-state index is 6.39. The van der Waals surface area contributed by atoms with Gasteiger partial charge >= 0.3 is 0 Å². The molecule has 0 aliphatic heterocycles. The normalized spacial score (nSPS) is 11.7. The van der Waals surface area contributed by atoms with E-state index in [1.54, 1.807) is 0 Å². The fourth-order valence-corrected chi connectivity index (χ4v) is 2.54. The van der Waals surface area contributed by atoms with Gasteiger partial charge in [-0.3, -0.25) is 0 Å². The van der Waals surface area contributed by atoms with Gasteiger partial charge in [-0.05, 0) is 25.5 Å². The summed E-state index contributed by atoms with van der Waals surface area (Å²) in [5, 5.41) is 0. The third-order valence-electron chi connectivity index (χ3n) is 3.64. The predicted molar refractivity (Wildman–Crippen MR) is 90.4 cm³/mol. The van der Waals surface area contributed by atoms with Gasteiger partial charge in [-0.15, -0.1) is 6.58 Å². The molecule has 0 radical (unpaired) electrons. The second-order valence-corrected chi connectivity index (χ2v) is 6.64. The van der Waals surface area contributed by atoms with Crippen molar-refractivity contribution in [3.8, 4) is 11.3 Å². The molecule has 0 amide bonds. The molecule has 0 fully saturated rings. The van der Waals surface area contributed by atoms with Crippen LogP contribution in [0, 0.1) is 13.8 Å². The minimum Gasteiger partial charge on any atom is -0.383 e. The highest BCUT2D eigenvalue weighted by atomic mass is 15.1. The summed E-state index contributed by atoms with van der Waals surface area (Å²) in [4.78, 5) is 4.86. The van der Waals surface area contributed by atoms with Crippen molar-refractivity contribution in [3.63, 3.8) is 0 Å². The van der Waals surface area contributed by atoms with Crippen LogP contribution in [0.15, 0.2) is 30.9 Å². The number of nitrogens with zero attached hydrogens (tertiary/aromatic N) is 2. The van der Waals surface area contributed by atoms with Gasteiger partial charge in [-0.1, -0.05) is 44.5 Å². The van der Waals surface area contributed by atoms with E-state index in [1.165, 1.54) is 11.1 Å². The lowest BCUT2D eigenvalue weighted by Gasteiger charge is -2.19. The molecule has 3 heteroatoms. The van der Waals surface area contributed by atoms with Crippen molar-refractivity contribution in [1.29, 1.82) is 0 Å². The van der Waals surface area contributed by atoms with Gasteiger partial charge in [0.2, 0.25) is 0 Å². The van der Waals surface area contributed by atoms with Crippen LogP contribution in [-0.4, -0.2) is 9.55 Å². The van der Waals surface area contributed by atoms with Crippen molar-refractivity contribution < 1.29 is 0 Å². The molecule has 0 aliphatic carbocycles. The van der Waals surface area contributed by atoms with Gasteiger partial charge in [0.25, 0.3) is 0 Å². The number of benzene rings is 1. The third kappa shape index (κ3) is 2.87. The molecule has 1 heterocycles. The van der Waals surface area contributed by atoms with E-state index < -0.39 is 0 Å². The molecule has 0 saturated heterocycles. The van der Waals surface area contributed by atoms with Crippen LogP contribution >= 0.6 is 0 Å². The molecule has 1 aromatic heterocycles. The Bertz CT molecular complexity index is 673. The molecule has 2 aromatic rings. The van der Waals surface area contributed by atoms with Gasteiger partial charge in [0, 0.05) is 17.5 Å². The first kappa shape index (κ1) is 15.4. The predicted octanol–water partition coefficient (Wildman–Crippen LogP) is 4.23. The largest absolute Gasteiger partial charge is 0.383 e. The fraction of sp³-hybridized carbons (Fsp3) is 0.389. The van der Waals surface area contributed by atoms with Crippen LogP contribution in [0.2, 0.25) is 0 Å². The lowest BCUT2D eigenvalue weighted by molar-refractivity contribution is 0.515. The van der Waals surface area contributed by atoms with Crippen molar-refractivity contribution in [2.24, 2.45) is 0 Å². The number of nitrogen functional groups attached to an aromatic ring is 1. The number of allylic oxidation sites excluding steroid dienone is 1. The van der Waals surface area contributed by atoms with Gasteiger partial charge in [-0.2, -0.15) is 0 Å². The van der Waals surface area contributed by atoms with Gasteiger partial charge in [0.1, 0.15) is 17.3 Å². The van der Waals surface area contributed by atoms with E-state index in [1.807, 2.05) is 6.08 Å². The number of hydrogen-bond donors (Lipinski definition) is 1. The van der Waals surface area contributed by atoms with Crippen molar-refractivity contribution in [2.75, 3.05) is 5.73 Å². The molecular weight excluding hydrogens is 258 g/mol. The Kier molecular flexibility index (Phi) is 3.95. The molecule has 0 aliphatic rings. The second-order valence-electron chi connectivity index (χ2n) is 6.64. The number of aromatic nitrogens is 2. The summed E-state index contributed by atoms with van der Waals surface area (Å²) in [6.07, 6.45) is 1.86. The van der Waals surface area contributed by atoms with Crippen LogP contribution in [0.4, 0.5) is 5.82 Å². The van der Waals surface area contributed by atoms with Crippen molar-refractivity contribution in [2.45, 2.75) is 46.6 Å². The van der Waals surface area contributed by atoms with E-state index >= 15 is 0 Å². The Balaban J connectivity index is 2.70. The van der Waals surface area contributed by atoms with Crippen LogP contribution in [0.1, 0.15) is 37.7 Å². The molecule has 0 saturated carbocycles. The highest BCUT2D eigenvalue weighted by molar-refractivity contribution is 5.74. The van der Waals surface area contributed by atoms with Crippen LogP contribution in [-0.2, 0) is 12.0 Å². The molecular formula is C18H25N3. The lowest BCUT2D eigenvalue weighted by atomic mass is 9.95. The molecule has 0 spiro atoms. The van der Waals surface area contributed by atoms with Crippen LogP contribution < -0.4 is 5.73 Å². The van der Waals surface area contributed by atoms with E-state index in [0.29, 0.717) is 12.4 Å². The Hall–Kier alpha value is -2.03. The summed E-state index contributed by atoms with van der Waals surface area (Å²) in [7, 11) is 0. The molecule has 2 N–H and O–H groups in total. The van der Waals surface area contributed by atoms with Gasteiger partial charge in [-0.25, -0.2) is 4.98 Å². The van der Waals surface area contributed by atoms with E-state index in [2.05, 4.69) is 64.0 Å². The summed E-state index contributed by atoms with van der Waals surface area (Å²) in [6, 6.07) is 6.38. The summed E-state index contributed by atoms with van der Waals surface area (Å²) >= 11 is 0. The Morgan fingerprint density at radius 1 is 1.29 bits per heavy atom. The first-order chi connectivity index (χ1) is 9.75. The molecule has 3 nitrogen and oxygen atoms in total. The van der Waals surface area contributed by atoms with Gasteiger partial charge in [0.15, 0.2) is 0 Å². The minimum absolute atomic E-state index is 0.0624. The molecule has 0 unspecified atom stereocenters. The SMILES string of the molecule is C=CCn1c(C(C)(C)C)nc(-c2cc(C)ccc2C)c1N. The standard InChI is InChI=1S/C18H25N3/c1-7-10-21-16(19)15(20-17(21)18(4,5)6)14-11-12(2)8-9-13(14)3/h7-9,11H,1,10,19H2,2-6H3. The molecule has 21 heavy (non-hydrogen) atoms. The molecule has 112 valence electrons. The monoisotopic (exact) mass is 283 g/mol. The molecule has 2 rings (SSSR count). The third-order valence-corrected chi connectivity index (χ3v) is 3.64. The zero-order valence-electron chi connectivity index (χ0n) is 13.7. The number of hydrogen-bond acceptors (Lipinski definition) is 2. The lowest BCUT2D eigenvalue weighted by Crippen LogP contribution is -2.19. The number of anilines is 1. The maximum absolute atomic E-state index is 6.39. The smallest absolute Gasteiger partial charge is 0.132 e. The zero-order valence-corrected chi connectivity index (χ0v) is 13.7. The first-order valence-electron chi connectivity index (χ1n) is 7.30.